The van der Waals surface area contributed by atoms with Crippen LogP contribution in [0.3, 0.4) is 0 Å². The summed E-state index contributed by atoms with van der Waals surface area (Å²) in [5.41, 5.74) is 0. The number of carbonyl (C=O) groups is 1. The average Bonchev–Trinajstić information content (AvgIpc) is 1.81. The largest absolute Gasteiger partial charge is 0.480 e. The van der Waals surface area contributed by atoms with Gasteiger partial charge in [0.25, 0.3) is 0 Å². The quantitative estimate of drug-likeness (QED) is 0.460. The number of isocyanates is 1. The molecule has 1 N–H and O–H groups in total. The van der Waals surface area contributed by atoms with Crippen LogP contribution in [-0.2, 0) is 9.59 Å². The summed E-state index contributed by atoms with van der Waals surface area (Å²) in [6, 6.07) is -0.947. The van der Waals surface area contributed by atoms with Crippen molar-refractivity contribution in [3.8, 4) is 0 Å². The van der Waals surface area contributed by atoms with Crippen molar-refractivity contribution in [2.45, 2.75) is 19.9 Å². The van der Waals surface area contributed by atoms with Gasteiger partial charge in [0.2, 0.25) is 6.08 Å². The highest BCUT2D eigenvalue weighted by molar-refractivity contribution is 5.74. The Morgan fingerprint density at radius 1 is 1.60 bits per heavy atom. The number of nitrogens with zero attached hydrogens (tertiary/aromatic N) is 1. The van der Waals surface area contributed by atoms with Gasteiger partial charge in [0.05, 0.1) is 0 Å². The molecule has 0 amide bonds. The molecule has 0 radical (unpaired) electrons. The molecule has 0 aromatic rings. The van der Waals surface area contributed by atoms with Gasteiger partial charge in [-0.15, -0.1) is 0 Å². The van der Waals surface area contributed by atoms with Crippen molar-refractivity contribution in [2.24, 2.45) is 10.9 Å². The topological polar surface area (TPSA) is 66.7 Å². The molecule has 10 heavy (non-hydrogen) atoms. The highest BCUT2D eigenvalue weighted by Crippen LogP contribution is 2.04. The lowest BCUT2D eigenvalue weighted by Crippen LogP contribution is -2.23. The van der Waals surface area contributed by atoms with Gasteiger partial charge in [-0.2, -0.15) is 4.99 Å². The molecule has 0 unspecified atom stereocenters. The molecule has 0 saturated heterocycles. The summed E-state index contributed by atoms with van der Waals surface area (Å²) in [4.78, 5) is 23.0. The van der Waals surface area contributed by atoms with Crippen molar-refractivity contribution in [3.63, 3.8) is 0 Å². The van der Waals surface area contributed by atoms with Gasteiger partial charge in [-0.25, -0.2) is 9.59 Å². The number of hydrogen-bond donors (Lipinski definition) is 1. The summed E-state index contributed by atoms with van der Waals surface area (Å²) in [6.45, 7) is 3.36. The number of carboxylic acid groups (broad SMARTS) is 1. The molecule has 0 fully saturated rings. The first kappa shape index (κ1) is 8.85. The lowest BCUT2D eigenvalue weighted by molar-refractivity contribution is -0.139. The third-order valence-corrected chi connectivity index (χ3v) is 1.08. The molecule has 0 aromatic carbocycles. The molecule has 1 atom stereocenters. The van der Waals surface area contributed by atoms with Gasteiger partial charge in [0.15, 0.2) is 6.04 Å². The number of hydrogen-bond acceptors (Lipinski definition) is 3. The summed E-state index contributed by atoms with van der Waals surface area (Å²) in [5, 5.41) is 8.40. The van der Waals surface area contributed by atoms with E-state index < -0.39 is 12.0 Å². The molecule has 0 heterocycles. The molecule has 0 aliphatic heterocycles. The van der Waals surface area contributed by atoms with Crippen LogP contribution in [0.2, 0.25) is 0 Å². The van der Waals surface area contributed by atoms with Crippen molar-refractivity contribution in [2.75, 3.05) is 0 Å². The second-order valence-corrected chi connectivity index (χ2v) is 2.25. The Kier molecular flexibility index (Phi) is 3.36. The molecular weight excluding hydrogens is 134 g/mol. The molecule has 0 saturated carbocycles. The van der Waals surface area contributed by atoms with Crippen LogP contribution in [0.4, 0.5) is 0 Å². The third kappa shape index (κ3) is 2.42. The molecule has 0 spiro atoms. The zero-order chi connectivity index (χ0) is 8.15. The van der Waals surface area contributed by atoms with Crippen LogP contribution >= 0.6 is 0 Å². The van der Waals surface area contributed by atoms with Gasteiger partial charge >= 0.3 is 5.97 Å². The van der Waals surface area contributed by atoms with Crippen molar-refractivity contribution in [3.05, 3.63) is 0 Å². The molecule has 56 valence electrons. The minimum absolute atomic E-state index is 0.168. The molecule has 0 aromatic heterocycles. The highest BCUT2D eigenvalue weighted by Gasteiger charge is 2.19. The van der Waals surface area contributed by atoms with Crippen LogP contribution in [0.1, 0.15) is 13.8 Å². The Bertz CT molecular complexity index is 168. The predicted octanol–water partition coefficient (Wildman–Crippen LogP) is 0.431. The van der Waals surface area contributed by atoms with Crippen LogP contribution in [-0.4, -0.2) is 23.2 Å². The molecule has 0 aliphatic carbocycles. The number of rotatable bonds is 3. The number of aliphatic imine (C=N–C) groups is 1. The van der Waals surface area contributed by atoms with Gasteiger partial charge in [-0.05, 0) is 5.92 Å². The molecule has 0 rings (SSSR count). The first-order valence-corrected chi connectivity index (χ1v) is 2.89. The Morgan fingerprint density at radius 3 is 2.20 bits per heavy atom. The van der Waals surface area contributed by atoms with E-state index in [2.05, 4.69) is 4.99 Å². The lowest BCUT2D eigenvalue weighted by atomic mass is 10.1. The fourth-order valence-electron chi connectivity index (χ4n) is 0.546. The van der Waals surface area contributed by atoms with Crippen molar-refractivity contribution >= 4 is 12.0 Å². The minimum atomic E-state index is -1.08. The van der Waals surface area contributed by atoms with Crippen molar-refractivity contribution in [1.29, 1.82) is 0 Å². The van der Waals surface area contributed by atoms with Crippen molar-refractivity contribution in [1.82, 2.24) is 0 Å². The Labute approximate surface area is 58.6 Å². The lowest BCUT2D eigenvalue weighted by Gasteiger charge is -2.07. The van der Waals surface area contributed by atoms with E-state index in [1.54, 1.807) is 13.8 Å². The number of carboxylic acids is 1. The number of carbonyl (C=O) groups excluding carboxylic acids is 1. The van der Waals surface area contributed by atoms with Crippen LogP contribution in [0, 0.1) is 5.92 Å². The van der Waals surface area contributed by atoms with Crippen LogP contribution in [0.15, 0.2) is 4.99 Å². The van der Waals surface area contributed by atoms with Gasteiger partial charge in [0.1, 0.15) is 0 Å². The third-order valence-electron chi connectivity index (χ3n) is 1.08. The van der Waals surface area contributed by atoms with Crippen LogP contribution in [0.5, 0.6) is 0 Å². The van der Waals surface area contributed by atoms with E-state index in [0.29, 0.717) is 0 Å². The Morgan fingerprint density at radius 2 is 2.10 bits per heavy atom. The molecular formula is C6H9NO3. The van der Waals surface area contributed by atoms with Crippen LogP contribution in [0.25, 0.3) is 0 Å². The predicted molar refractivity (Wildman–Crippen MR) is 34.4 cm³/mol. The summed E-state index contributed by atoms with van der Waals surface area (Å²) >= 11 is 0. The van der Waals surface area contributed by atoms with Crippen LogP contribution < -0.4 is 0 Å². The van der Waals surface area contributed by atoms with E-state index in [4.69, 9.17) is 5.11 Å². The maximum Gasteiger partial charge on any atom is 0.329 e. The van der Waals surface area contributed by atoms with E-state index in [9.17, 15) is 9.59 Å². The molecule has 0 bridgehead atoms. The summed E-state index contributed by atoms with van der Waals surface area (Å²) in [6.07, 6.45) is 1.22. The standard InChI is InChI=1S/C6H9NO3/c1-4(2)5(6(9)10)7-3-8/h4-5H,1-2H3,(H,9,10)/t5-/m0/s1. The average molecular weight is 143 g/mol. The summed E-state index contributed by atoms with van der Waals surface area (Å²) in [5.74, 6) is -1.25. The zero-order valence-electron chi connectivity index (χ0n) is 5.87. The first-order valence-electron chi connectivity index (χ1n) is 2.89. The Hall–Kier alpha value is -1.15. The van der Waals surface area contributed by atoms with E-state index >= 15 is 0 Å². The van der Waals surface area contributed by atoms with Gasteiger partial charge in [-0.1, -0.05) is 13.8 Å². The molecule has 4 heteroatoms. The van der Waals surface area contributed by atoms with Gasteiger partial charge < -0.3 is 5.11 Å². The van der Waals surface area contributed by atoms with Crippen molar-refractivity contribution < 1.29 is 14.7 Å². The zero-order valence-corrected chi connectivity index (χ0v) is 5.87. The molecule has 0 aliphatic rings. The first-order chi connectivity index (χ1) is 4.59. The second-order valence-electron chi connectivity index (χ2n) is 2.25. The van der Waals surface area contributed by atoms with Gasteiger partial charge in [0, 0.05) is 0 Å². The maximum absolute atomic E-state index is 10.3. The SMILES string of the molecule is CC(C)[C@H](N=C=O)C(=O)O. The smallest absolute Gasteiger partial charge is 0.329 e. The van der Waals surface area contributed by atoms with E-state index in [-0.39, 0.29) is 5.92 Å². The minimum Gasteiger partial charge on any atom is -0.480 e. The summed E-state index contributed by atoms with van der Waals surface area (Å²) < 4.78 is 0. The van der Waals surface area contributed by atoms with E-state index in [0.717, 1.165) is 0 Å². The maximum atomic E-state index is 10.3. The number of aliphatic carboxylic acids is 1. The fourth-order valence-corrected chi connectivity index (χ4v) is 0.546. The second kappa shape index (κ2) is 3.80. The molecule has 4 nitrogen and oxygen atoms in total. The highest BCUT2D eigenvalue weighted by atomic mass is 16.4. The van der Waals surface area contributed by atoms with Gasteiger partial charge in [-0.3, -0.25) is 0 Å². The monoisotopic (exact) mass is 143 g/mol. The normalized spacial score (nSPS) is 12.3. The summed E-state index contributed by atoms with van der Waals surface area (Å²) in [7, 11) is 0. The van der Waals surface area contributed by atoms with E-state index in [1.165, 1.54) is 6.08 Å². The Balaban J connectivity index is 4.26. The van der Waals surface area contributed by atoms with E-state index in [1.807, 2.05) is 0 Å². The fraction of sp³-hybridized carbons (Fsp3) is 0.667.